The normalized spacial score (nSPS) is 25.7. The van der Waals surface area contributed by atoms with Gasteiger partial charge in [0.2, 0.25) is 0 Å². The second kappa shape index (κ2) is 7.00. The first-order valence-electron chi connectivity index (χ1n) is 8.41. The lowest BCUT2D eigenvalue weighted by atomic mass is 10.1. The molecule has 0 radical (unpaired) electrons. The zero-order valence-corrected chi connectivity index (χ0v) is 13.9. The first-order valence-corrected chi connectivity index (χ1v) is 8.41. The number of aliphatic hydroxyl groups excluding tert-OH is 3. The van der Waals surface area contributed by atoms with Gasteiger partial charge in [-0.15, -0.1) is 0 Å². The van der Waals surface area contributed by atoms with Crippen LogP contribution in [0, 0.1) is 0 Å². The van der Waals surface area contributed by atoms with Gasteiger partial charge < -0.3 is 29.9 Å². The molecule has 26 heavy (non-hydrogen) atoms. The van der Waals surface area contributed by atoms with Crippen LogP contribution in [0.2, 0.25) is 0 Å². The number of imidazole rings is 1. The van der Waals surface area contributed by atoms with E-state index in [2.05, 4.69) is 15.3 Å². The van der Waals surface area contributed by atoms with E-state index >= 15 is 0 Å². The zero-order valence-electron chi connectivity index (χ0n) is 13.9. The summed E-state index contributed by atoms with van der Waals surface area (Å²) in [6.07, 6.45) is -0.768. The van der Waals surface area contributed by atoms with Crippen molar-refractivity contribution in [3.8, 4) is 0 Å². The van der Waals surface area contributed by atoms with Gasteiger partial charge in [-0.05, 0) is 11.6 Å². The van der Waals surface area contributed by atoms with Crippen molar-refractivity contribution in [2.75, 3.05) is 11.9 Å². The number of hydrogen-bond donors (Lipinski definition) is 4. The SMILES string of the molecule is OC[C@H]1OC(n2cnc3c(NCc4ccccc4)nccc32)[C@H](O)[C@@H]1O. The van der Waals surface area contributed by atoms with Gasteiger partial charge in [0.05, 0.1) is 18.5 Å². The summed E-state index contributed by atoms with van der Waals surface area (Å²) in [6.45, 7) is 0.237. The summed E-state index contributed by atoms with van der Waals surface area (Å²) in [6, 6.07) is 11.7. The third kappa shape index (κ3) is 2.93. The molecule has 4 rings (SSSR count). The fourth-order valence-corrected chi connectivity index (χ4v) is 3.19. The Morgan fingerprint density at radius 1 is 1.08 bits per heavy atom. The van der Waals surface area contributed by atoms with E-state index in [9.17, 15) is 15.3 Å². The van der Waals surface area contributed by atoms with Gasteiger partial charge in [0.15, 0.2) is 12.0 Å². The van der Waals surface area contributed by atoms with Gasteiger partial charge in [-0.25, -0.2) is 9.97 Å². The molecule has 1 aliphatic rings. The highest BCUT2D eigenvalue weighted by Crippen LogP contribution is 2.32. The maximum Gasteiger partial charge on any atom is 0.164 e. The van der Waals surface area contributed by atoms with Crippen LogP contribution in [-0.4, -0.2) is 54.8 Å². The third-order valence-electron chi connectivity index (χ3n) is 4.59. The van der Waals surface area contributed by atoms with Crippen molar-refractivity contribution in [1.29, 1.82) is 0 Å². The molecule has 1 fully saturated rings. The minimum absolute atomic E-state index is 0.368. The van der Waals surface area contributed by atoms with Crippen LogP contribution in [0.3, 0.4) is 0 Å². The second-order valence-electron chi connectivity index (χ2n) is 6.25. The molecule has 8 nitrogen and oxygen atoms in total. The Kier molecular flexibility index (Phi) is 4.56. The molecular weight excluding hydrogens is 336 g/mol. The van der Waals surface area contributed by atoms with E-state index in [0.717, 1.165) is 5.56 Å². The average molecular weight is 356 g/mol. The van der Waals surface area contributed by atoms with Crippen molar-refractivity contribution in [1.82, 2.24) is 14.5 Å². The quantitative estimate of drug-likeness (QED) is 0.531. The van der Waals surface area contributed by atoms with Gasteiger partial charge >= 0.3 is 0 Å². The predicted octanol–water partition coefficient (Wildman–Crippen LogP) is 0.655. The summed E-state index contributed by atoms with van der Waals surface area (Å²) in [5, 5.41) is 32.7. The number of aliphatic hydroxyl groups is 3. The van der Waals surface area contributed by atoms with Crippen LogP contribution in [0.5, 0.6) is 0 Å². The summed E-state index contributed by atoms with van der Waals surface area (Å²) in [5.74, 6) is 0.622. The Balaban J connectivity index is 1.61. The number of hydrogen-bond acceptors (Lipinski definition) is 7. The Bertz CT molecular complexity index is 885. The van der Waals surface area contributed by atoms with E-state index < -0.39 is 24.5 Å². The lowest BCUT2D eigenvalue weighted by molar-refractivity contribution is -0.0508. The van der Waals surface area contributed by atoms with Crippen molar-refractivity contribution in [2.24, 2.45) is 0 Å². The third-order valence-corrected chi connectivity index (χ3v) is 4.59. The minimum atomic E-state index is -1.15. The fraction of sp³-hybridized carbons (Fsp3) is 0.333. The maximum absolute atomic E-state index is 10.2. The molecule has 1 unspecified atom stereocenters. The largest absolute Gasteiger partial charge is 0.394 e. The van der Waals surface area contributed by atoms with Crippen LogP contribution in [0.15, 0.2) is 48.9 Å². The van der Waals surface area contributed by atoms with E-state index in [1.807, 2.05) is 30.3 Å². The van der Waals surface area contributed by atoms with Crippen LogP contribution in [-0.2, 0) is 11.3 Å². The van der Waals surface area contributed by atoms with E-state index in [1.54, 1.807) is 23.2 Å². The van der Waals surface area contributed by atoms with E-state index in [1.165, 1.54) is 0 Å². The van der Waals surface area contributed by atoms with E-state index in [0.29, 0.717) is 23.4 Å². The monoisotopic (exact) mass is 356 g/mol. The van der Waals surface area contributed by atoms with Gasteiger partial charge in [0.1, 0.15) is 23.8 Å². The average Bonchev–Trinajstić information content (AvgIpc) is 3.23. The summed E-state index contributed by atoms with van der Waals surface area (Å²) >= 11 is 0. The van der Waals surface area contributed by atoms with Crippen molar-refractivity contribution in [2.45, 2.75) is 31.1 Å². The van der Waals surface area contributed by atoms with Crippen LogP contribution >= 0.6 is 0 Å². The molecule has 0 spiro atoms. The first-order chi connectivity index (χ1) is 12.7. The number of nitrogens with zero attached hydrogens (tertiary/aromatic N) is 3. The van der Waals surface area contributed by atoms with Crippen molar-refractivity contribution in [3.05, 3.63) is 54.5 Å². The van der Waals surface area contributed by atoms with Crippen LogP contribution in [0.25, 0.3) is 11.0 Å². The van der Waals surface area contributed by atoms with Crippen molar-refractivity contribution >= 4 is 16.9 Å². The summed E-state index contributed by atoms with van der Waals surface area (Å²) in [4.78, 5) is 8.74. The molecule has 0 bridgehead atoms. The predicted molar refractivity (Wildman–Crippen MR) is 94.3 cm³/mol. The van der Waals surface area contributed by atoms with E-state index in [4.69, 9.17) is 4.74 Å². The highest BCUT2D eigenvalue weighted by atomic mass is 16.6. The van der Waals surface area contributed by atoms with Crippen molar-refractivity contribution < 1.29 is 20.1 Å². The Morgan fingerprint density at radius 3 is 2.62 bits per heavy atom. The Labute approximate surface area is 149 Å². The molecule has 0 amide bonds. The van der Waals surface area contributed by atoms with E-state index in [-0.39, 0.29) is 6.61 Å². The number of anilines is 1. The second-order valence-corrected chi connectivity index (χ2v) is 6.25. The number of benzene rings is 1. The molecule has 0 saturated carbocycles. The molecule has 1 aliphatic heterocycles. The van der Waals surface area contributed by atoms with Crippen molar-refractivity contribution in [3.63, 3.8) is 0 Å². The highest BCUT2D eigenvalue weighted by Gasteiger charge is 2.43. The molecule has 1 aromatic carbocycles. The van der Waals surface area contributed by atoms with Gasteiger partial charge in [0, 0.05) is 12.7 Å². The fourth-order valence-electron chi connectivity index (χ4n) is 3.19. The minimum Gasteiger partial charge on any atom is -0.394 e. The molecule has 8 heteroatoms. The Morgan fingerprint density at radius 2 is 1.88 bits per heavy atom. The Hall–Kier alpha value is -2.52. The number of nitrogens with one attached hydrogen (secondary N) is 1. The van der Waals surface area contributed by atoms with Crippen LogP contribution in [0.1, 0.15) is 11.8 Å². The van der Waals surface area contributed by atoms with Gasteiger partial charge in [-0.2, -0.15) is 0 Å². The molecular formula is C18H20N4O4. The smallest absolute Gasteiger partial charge is 0.164 e. The maximum atomic E-state index is 10.2. The van der Waals surface area contributed by atoms with Crippen LogP contribution < -0.4 is 5.32 Å². The number of ether oxygens (including phenoxy) is 1. The number of aromatic nitrogens is 3. The standard InChI is InChI=1S/C18H20N4O4/c23-9-13-15(24)16(25)18(26-13)22-10-21-14-12(22)6-7-19-17(14)20-8-11-4-2-1-3-5-11/h1-7,10,13,15-16,18,23-25H,8-9H2,(H,19,20)/t13-,15-,16-,18?/m1/s1. The number of pyridine rings is 1. The molecule has 3 aromatic rings. The summed E-state index contributed by atoms with van der Waals surface area (Å²) in [5.41, 5.74) is 2.47. The topological polar surface area (TPSA) is 113 Å². The zero-order chi connectivity index (χ0) is 18.1. The number of rotatable bonds is 5. The highest BCUT2D eigenvalue weighted by molar-refractivity contribution is 5.85. The lowest BCUT2D eigenvalue weighted by Gasteiger charge is -2.17. The number of fused-ring (bicyclic) bond motifs is 1. The summed E-state index contributed by atoms with van der Waals surface area (Å²) in [7, 11) is 0. The molecule has 1 saturated heterocycles. The summed E-state index contributed by atoms with van der Waals surface area (Å²) < 4.78 is 7.24. The molecule has 4 N–H and O–H groups in total. The van der Waals surface area contributed by atoms with Gasteiger partial charge in [0.25, 0.3) is 0 Å². The molecule has 2 aromatic heterocycles. The molecule has 4 atom stereocenters. The first kappa shape index (κ1) is 16.9. The molecule has 136 valence electrons. The lowest BCUT2D eigenvalue weighted by Crippen LogP contribution is -2.33. The van der Waals surface area contributed by atoms with Crippen LogP contribution in [0.4, 0.5) is 5.82 Å². The van der Waals surface area contributed by atoms with Gasteiger partial charge in [-0.3, -0.25) is 0 Å². The molecule has 0 aliphatic carbocycles. The molecule has 3 heterocycles. The van der Waals surface area contributed by atoms with Gasteiger partial charge in [-0.1, -0.05) is 30.3 Å².